The number of carbonyl (C=O) groups is 4. The third kappa shape index (κ3) is 3.95. The number of fused-ring (bicyclic) bond motifs is 2. The standard InChI is InChI=1S/C24H24O8/c1-5-31-23(27)16(24(28)32-6-2)12-13-10-11-15-19(22(13)30-4)21(26)14-8-7-9-17(29-3)18(14)20(15)25/h7-11,16H,5-6,12H2,1-4H3. The van der Waals surface area contributed by atoms with Crippen molar-refractivity contribution in [2.24, 2.45) is 5.92 Å². The van der Waals surface area contributed by atoms with Crippen LogP contribution in [0.5, 0.6) is 11.5 Å². The van der Waals surface area contributed by atoms with E-state index >= 15 is 0 Å². The average Bonchev–Trinajstić information content (AvgIpc) is 2.79. The summed E-state index contributed by atoms with van der Waals surface area (Å²) in [6.07, 6.45) is -0.111. The van der Waals surface area contributed by atoms with Gasteiger partial charge in [0.2, 0.25) is 0 Å². The van der Waals surface area contributed by atoms with Crippen molar-refractivity contribution in [1.82, 2.24) is 0 Å². The van der Waals surface area contributed by atoms with Crippen LogP contribution in [0.3, 0.4) is 0 Å². The Labute approximate surface area is 185 Å². The lowest BCUT2D eigenvalue weighted by molar-refractivity contribution is -0.161. The van der Waals surface area contributed by atoms with Gasteiger partial charge in [0.1, 0.15) is 11.5 Å². The highest BCUT2D eigenvalue weighted by atomic mass is 16.6. The van der Waals surface area contributed by atoms with Crippen molar-refractivity contribution in [2.75, 3.05) is 27.4 Å². The van der Waals surface area contributed by atoms with Gasteiger partial charge in [0.05, 0.1) is 38.6 Å². The predicted molar refractivity (Wildman–Crippen MR) is 113 cm³/mol. The first-order valence-corrected chi connectivity index (χ1v) is 10.2. The average molecular weight is 440 g/mol. The second-order valence-corrected chi connectivity index (χ2v) is 6.98. The van der Waals surface area contributed by atoms with Crippen LogP contribution in [0.2, 0.25) is 0 Å². The van der Waals surface area contributed by atoms with E-state index in [2.05, 4.69) is 0 Å². The summed E-state index contributed by atoms with van der Waals surface area (Å²) in [5.74, 6) is -3.04. The molecule has 168 valence electrons. The SMILES string of the molecule is CCOC(=O)C(Cc1ccc2c(c1OC)C(=O)c1cccc(OC)c1C2=O)C(=O)OCC. The number of ether oxygens (including phenoxy) is 4. The molecule has 0 bridgehead atoms. The minimum Gasteiger partial charge on any atom is -0.496 e. The molecule has 0 N–H and O–H groups in total. The Kier molecular flexibility index (Phi) is 6.92. The number of carbonyl (C=O) groups excluding carboxylic acids is 4. The summed E-state index contributed by atoms with van der Waals surface area (Å²) in [4.78, 5) is 51.3. The van der Waals surface area contributed by atoms with Crippen LogP contribution in [0.25, 0.3) is 0 Å². The molecular formula is C24H24O8. The first-order chi connectivity index (χ1) is 15.4. The van der Waals surface area contributed by atoms with E-state index in [9.17, 15) is 19.2 Å². The Balaban J connectivity index is 2.10. The van der Waals surface area contributed by atoms with E-state index in [-0.39, 0.29) is 53.4 Å². The Morgan fingerprint density at radius 3 is 1.97 bits per heavy atom. The molecule has 1 aliphatic rings. The van der Waals surface area contributed by atoms with Gasteiger partial charge in [0.15, 0.2) is 17.5 Å². The van der Waals surface area contributed by atoms with Gasteiger partial charge in [-0.15, -0.1) is 0 Å². The van der Waals surface area contributed by atoms with Crippen molar-refractivity contribution in [3.05, 3.63) is 58.1 Å². The molecular weight excluding hydrogens is 416 g/mol. The fourth-order valence-corrected chi connectivity index (χ4v) is 3.80. The summed E-state index contributed by atoms with van der Waals surface area (Å²) in [5, 5.41) is 0. The molecule has 0 saturated heterocycles. The van der Waals surface area contributed by atoms with Crippen LogP contribution in [0.15, 0.2) is 30.3 Å². The van der Waals surface area contributed by atoms with E-state index in [4.69, 9.17) is 18.9 Å². The lowest BCUT2D eigenvalue weighted by atomic mass is 9.81. The molecule has 0 aliphatic heterocycles. The summed E-state index contributed by atoms with van der Waals surface area (Å²) in [6.45, 7) is 3.47. The van der Waals surface area contributed by atoms with Gasteiger partial charge < -0.3 is 18.9 Å². The second kappa shape index (κ2) is 9.64. The number of methoxy groups -OCH3 is 2. The molecule has 32 heavy (non-hydrogen) atoms. The zero-order valence-corrected chi connectivity index (χ0v) is 18.4. The number of hydrogen-bond acceptors (Lipinski definition) is 8. The van der Waals surface area contributed by atoms with E-state index in [1.807, 2.05) is 0 Å². The van der Waals surface area contributed by atoms with Gasteiger partial charge in [0, 0.05) is 11.1 Å². The summed E-state index contributed by atoms with van der Waals surface area (Å²) >= 11 is 0. The zero-order valence-electron chi connectivity index (χ0n) is 18.4. The number of ketones is 2. The van der Waals surface area contributed by atoms with E-state index < -0.39 is 23.6 Å². The zero-order chi connectivity index (χ0) is 23.4. The highest BCUT2D eigenvalue weighted by molar-refractivity contribution is 6.30. The van der Waals surface area contributed by atoms with Gasteiger partial charge >= 0.3 is 11.9 Å². The fourth-order valence-electron chi connectivity index (χ4n) is 3.80. The number of esters is 2. The third-order valence-corrected chi connectivity index (χ3v) is 5.20. The van der Waals surface area contributed by atoms with Crippen LogP contribution in [0.1, 0.15) is 51.3 Å². The van der Waals surface area contributed by atoms with Crippen molar-refractivity contribution in [3.63, 3.8) is 0 Å². The molecule has 8 nitrogen and oxygen atoms in total. The third-order valence-electron chi connectivity index (χ3n) is 5.20. The van der Waals surface area contributed by atoms with Crippen LogP contribution < -0.4 is 9.47 Å². The maximum absolute atomic E-state index is 13.3. The van der Waals surface area contributed by atoms with Crippen molar-refractivity contribution < 1.29 is 38.1 Å². The molecule has 0 aromatic heterocycles. The predicted octanol–water partition coefficient (Wildman–Crippen LogP) is 2.76. The minimum absolute atomic E-state index is 0.0854. The topological polar surface area (TPSA) is 105 Å². The molecule has 2 aromatic carbocycles. The number of benzene rings is 2. The van der Waals surface area contributed by atoms with Gasteiger partial charge in [-0.25, -0.2) is 0 Å². The van der Waals surface area contributed by atoms with Gasteiger partial charge in [-0.05, 0) is 38.0 Å². The maximum atomic E-state index is 13.3. The van der Waals surface area contributed by atoms with E-state index in [0.29, 0.717) is 11.3 Å². The number of hydrogen-bond donors (Lipinski definition) is 0. The van der Waals surface area contributed by atoms with Crippen LogP contribution in [-0.4, -0.2) is 50.9 Å². The highest BCUT2D eigenvalue weighted by Crippen LogP contribution is 2.39. The smallest absolute Gasteiger partial charge is 0.320 e. The lowest BCUT2D eigenvalue weighted by Crippen LogP contribution is -2.30. The molecule has 0 atom stereocenters. The molecule has 0 amide bonds. The van der Waals surface area contributed by atoms with Crippen LogP contribution >= 0.6 is 0 Å². The van der Waals surface area contributed by atoms with E-state index in [0.717, 1.165) is 0 Å². The molecule has 0 spiro atoms. The molecule has 0 unspecified atom stereocenters. The van der Waals surface area contributed by atoms with Gasteiger partial charge in [-0.2, -0.15) is 0 Å². The first kappa shape index (κ1) is 23.0. The van der Waals surface area contributed by atoms with Gasteiger partial charge in [-0.1, -0.05) is 18.2 Å². The molecule has 0 fully saturated rings. The summed E-state index contributed by atoms with van der Waals surface area (Å²) in [6, 6.07) is 7.85. The minimum atomic E-state index is -1.23. The lowest BCUT2D eigenvalue weighted by Gasteiger charge is -2.23. The molecule has 0 saturated carbocycles. The quantitative estimate of drug-likeness (QED) is 0.389. The first-order valence-electron chi connectivity index (χ1n) is 10.2. The summed E-state index contributed by atoms with van der Waals surface area (Å²) in [7, 11) is 2.79. The van der Waals surface area contributed by atoms with Crippen LogP contribution in [0, 0.1) is 5.92 Å². The Morgan fingerprint density at radius 2 is 1.41 bits per heavy atom. The van der Waals surface area contributed by atoms with Crippen molar-refractivity contribution in [3.8, 4) is 11.5 Å². The molecule has 0 heterocycles. The molecule has 8 heteroatoms. The highest BCUT2D eigenvalue weighted by Gasteiger charge is 2.37. The molecule has 0 radical (unpaired) electrons. The second-order valence-electron chi connectivity index (χ2n) is 6.98. The fraction of sp³-hybridized carbons (Fsp3) is 0.333. The van der Waals surface area contributed by atoms with Crippen molar-refractivity contribution in [1.29, 1.82) is 0 Å². The monoisotopic (exact) mass is 440 g/mol. The molecule has 3 rings (SSSR count). The maximum Gasteiger partial charge on any atom is 0.320 e. The van der Waals surface area contributed by atoms with Crippen LogP contribution in [0.4, 0.5) is 0 Å². The summed E-state index contributed by atoms with van der Waals surface area (Å²) in [5.41, 5.74) is 1.05. The van der Waals surface area contributed by atoms with Crippen molar-refractivity contribution in [2.45, 2.75) is 20.3 Å². The Hall–Kier alpha value is -3.68. The molecule has 2 aromatic rings. The van der Waals surface area contributed by atoms with E-state index in [1.54, 1.807) is 38.1 Å². The van der Waals surface area contributed by atoms with Crippen molar-refractivity contribution >= 4 is 23.5 Å². The van der Waals surface area contributed by atoms with E-state index in [1.165, 1.54) is 20.3 Å². The Bertz CT molecular complexity index is 1070. The largest absolute Gasteiger partial charge is 0.496 e. The summed E-state index contributed by atoms with van der Waals surface area (Å²) < 4.78 is 20.8. The van der Waals surface area contributed by atoms with Gasteiger partial charge in [0.25, 0.3) is 0 Å². The molecule has 1 aliphatic carbocycles. The normalized spacial score (nSPS) is 12.2. The Morgan fingerprint density at radius 1 is 0.812 bits per heavy atom. The van der Waals surface area contributed by atoms with Gasteiger partial charge in [-0.3, -0.25) is 19.2 Å². The number of rotatable bonds is 8. The van der Waals surface area contributed by atoms with Crippen LogP contribution in [-0.2, 0) is 25.5 Å².